The Kier molecular flexibility index (Phi) is 5.88. The molecule has 0 spiro atoms. The molecule has 1 aliphatic rings. The molecular formula is C16H24ClN3O. The van der Waals surface area contributed by atoms with Gasteiger partial charge in [-0.05, 0) is 57.5 Å². The van der Waals surface area contributed by atoms with E-state index in [0.29, 0.717) is 16.5 Å². The maximum atomic E-state index is 12.4. The highest BCUT2D eigenvalue weighted by Gasteiger charge is 2.19. The number of piperidine rings is 1. The number of likely N-dealkylation sites (tertiary alicyclic amines) is 1. The number of hydrogen-bond donors (Lipinski definition) is 2. The van der Waals surface area contributed by atoms with E-state index in [4.69, 9.17) is 11.6 Å². The molecule has 0 bridgehead atoms. The second kappa shape index (κ2) is 7.66. The summed E-state index contributed by atoms with van der Waals surface area (Å²) in [7, 11) is 2.13. The molecule has 4 nitrogen and oxygen atoms in total. The zero-order valence-electron chi connectivity index (χ0n) is 12.8. The first-order chi connectivity index (χ1) is 10.1. The van der Waals surface area contributed by atoms with Gasteiger partial charge < -0.3 is 15.5 Å². The molecule has 1 aromatic rings. The van der Waals surface area contributed by atoms with Crippen LogP contribution in [-0.2, 0) is 0 Å². The Hall–Kier alpha value is -1.26. The van der Waals surface area contributed by atoms with E-state index in [9.17, 15) is 4.79 Å². The summed E-state index contributed by atoms with van der Waals surface area (Å²) < 4.78 is 0. The van der Waals surface area contributed by atoms with Crippen molar-refractivity contribution >= 4 is 23.2 Å². The fourth-order valence-electron chi connectivity index (χ4n) is 2.82. The fraction of sp³-hybridized carbons (Fsp3) is 0.562. The Morgan fingerprint density at radius 2 is 2.29 bits per heavy atom. The van der Waals surface area contributed by atoms with Crippen molar-refractivity contribution in [3.05, 3.63) is 28.8 Å². The highest BCUT2D eigenvalue weighted by atomic mass is 35.5. The molecule has 0 radical (unpaired) electrons. The number of hydrogen-bond acceptors (Lipinski definition) is 3. The number of nitrogens with zero attached hydrogens (tertiary/aromatic N) is 1. The molecule has 0 aromatic heterocycles. The van der Waals surface area contributed by atoms with Gasteiger partial charge in [-0.15, -0.1) is 0 Å². The number of rotatable bonds is 5. The van der Waals surface area contributed by atoms with Gasteiger partial charge in [-0.1, -0.05) is 11.6 Å². The van der Waals surface area contributed by atoms with Crippen molar-refractivity contribution in [2.75, 3.05) is 38.5 Å². The number of benzene rings is 1. The van der Waals surface area contributed by atoms with Crippen LogP contribution in [0.2, 0.25) is 5.02 Å². The predicted octanol–water partition coefficient (Wildman–Crippen LogP) is 2.84. The molecule has 5 heteroatoms. The molecule has 1 aliphatic heterocycles. The van der Waals surface area contributed by atoms with Crippen LogP contribution in [0.1, 0.15) is 30.1 Å². The highest BCUT2D eigenvalue weighted by Crippen LogP contribution is 2.21. The average molecular weight is 310 g/mol. The number of anilines is 1. The van der Waals surface area contributed by atoms with E-state index in [1.165, 1.54) is 12.8 Å². The van der Waals surface area contributed by atoms with Gasteiger partial charge >= 0.3 is 0 Å². The third-order valence-electron chi connectivity index (χ3n) is 3.87. The van der Waals surface area contributed by atoms with Crippen molar-refractivity contribution in [1.82, 2.24) is 10.2 Å². The van der Waals surface area contributed by atoms with Gasteiger partial charge in [0.25, 0.3) is 5.91 Å². The molecule has 0 saturated carbocycles. The SMILES string of the molecule is CCNc1ccc(Cl)cc1C(=O)NCC1CCCN(C)C1. The van der Waals surface area contributed by atoms with Crippen LogP contribution in [0, 0.1) is 5.92 Å². The van der Waals surface area contributed by atoms with Crippen molar-refractivity contribution in [3.63, 3.8) is 0 Å². The van der Waals surface area contributed by atoms with Crippen molar-refractivity contribution in [3.8, 4) is 0 Å². The van der Waals surface area contributed by atoms with Crippen LogP contribution in [0.25, 0.3) is 0 Å². The standard InChI is InChI=1S/C16H24ClN3O/c1-3-18-15-7-6-13(17)9-14(15)16(21)19-10-12-5-4-8-20(2)11-12/h6-7,9,12,18H,3-5,8,10-11H2,1-2H3,(H,19,21). The number of halogens is 1. The summed E-state index contributed by atoms with van der Waals surface area (Å²) in [6, 6.07) is 5.38. The topological polar surface area (TPSA) is 44.4 Å². The Bertz CT molecular complexity index is 492. The van der Waals surface area contributed by atoms with Crippen molar-refractivity contribution in [1.29, 1.82) is 0 Å². The van der Waals surface area contributed by atoms with Crippen molar-refractivity contribution in [2.45, 2.75) is 19.8 Å². The van der Waals surface area contributed by atoms with Gasteiger partial charge in [0.2, 0.25) is 0 Å². The third-order valence-corrected chi connectivity index (χ3v) is 4.10. The summed E-state index contributed by atoms with van der Waals surface area (Å²) in [5, 5.41) is 6.84. The normalized spacial score (nSPS) is 19.3. The molecule has 0 aliphatic carbocycles. The van der Waals surface area contributed by atoms with Gasteiger partial charge in [-0.3, -0.25) is 4.79 Å². The number of amides is 1. The average Bonchev–Trinajstić information content (AvgIpc) is 2.47. The zero-order chi connectivity index (χ0) is 15.2. The molecule has 1 saturated heterocycles. The minimum absolute atomic E-state index is 0.0540. The van der Waals surface area contributed by atoms with E-state index in [1.807, 2.05) is 13.0 Å². The van der Waals surface area contributed by atoms with Gasteiger partial charge in [0, 0.05) is 30.3 Å². The summed E-state index contributed by atoms with van der Waals surface area (Å²) in [6.07, 6.45) is 2.39. The van der Waals surface area contributed by atoms with Gasteiger partial charge in [-0.25, -0.2) is 0 Å². The van der Waals surface area contributed by atoms with Crippen LogP contribution in [0.5, 0.6) is 0 Å². The summed E-state index contributed by atoms with van der Waals surface area (Å²) in [5.74, 6) is 0.483. The largest absolute Gasteiger partial charge is 0.385 e. The second-order valence-corrected chi connectivity index (χ2v) is 6.14. The van der Waals surface area contributed by atoms with E-state index in [0.717, 1.165) is 31.9 Å². The number of nitrogens with one attached hydrogen (secondary N) is 2. The smallest absolute Gasteiger partial charge is 0.253 e. The quantitative estimate of drug-likeness (QED) is 0.879. The first kappa shape index (κ1) is 16.1. The van der Waals surface area contributed by atoms with Crippen LogP contribution >= 0.6 is 11.6 Å². The van der Waals surface area contributed by atoms with Crippen LogP contribution in [0.15, 0.2) is 18.2 Å². The summed E-state index contributed by atoms with van der Waals surface area (Å²) in [4.78, 5) is 14.7. The van der Waals surface area contributed by atoms with E-state index in [2.05, 4.69) is 22.6 Å². The molecule has 1 heterocycles. The monoisotopic (exact) mass is 309 g/mol. The molecule has 2 rings (SSSR count). The molecule has 21 heavy (non-hydrogen) atoms. The lowest BCUT2D eigenvalue weighted by Crippen LogP contribution is -2.39. The van der Waals surface area contributed by atoms with E-state index in [-0.39, 0.29) is 5.91 Å². The maximum Gasteiger partial charge on any atom is 0.253 e. The first-order valence-corrected chi connectivity index (χ1v) is 7.98. The van der Waals surface area contributed by atoms with Gasteiger partial charge in [0.1, 0.15) is 0 Å². The lowest BCUT2D eigenvalue weighted by Gasteiger charge is -2.29. The van der Waals surface area contributed by atoms with Gasteiger partial charge in [-0.2, -0.15) is 0 Å². The van der Waals surface area contributed by atoms with Crippen LogP contribution in [0.4, 0.5) is 5.69 Å². The molecule has 1 fully saturated rings. The second-order valence-electron chi connectivity index (χ2n) is 5.70. The lowest BCUT2D eigenvalue weighted by molar-refractivity contribution is 0.0937. The Morgan fingerprint density at radius 3 is 3.00 bits per heavy atom. The molecule has 1 amide bonds. The van der Waals surface area contributed by atoms with Gasteiger partial charge in [0.05, 0.1) is 5.56 Å². The molecule has 1 unspecified atom stereocenters. The van der Waals surface area contributed by atoms with Gasteiger partial charge in [0.15, 0.2) is 0 Å². The minimum Gasteiger partial charge on any atom is -0.385 e. The first-order valence-electron chi connectivity index (χ1n) is 7.60. The summed E-state index contributed by atoms with van der Waals surface area (Å²) in [6.45, 7) is 5.71. The summed E-state index contributed by atoms with van der Waals surface area (Å²) >= 11 is 6.01. The Morgan fingerprint density at radius 1 is 1.48 bits per heavy atom. The Labute approximate surface area is 131 Å². The van der Waals surface area contributed by atoms with Crippen LogP contribution in [0.3, 0.4) is 0 Å². The van der Waals surface area contributed by atoms with Crippen LogP contribution < -0.4 is 10.6 Å². The zero-order valence-corrected chi connectivity index (χ0v) is 13.5. The molecule has 1 atom stereocenters. The van der Waals surface area contributed by atoms with E-state index in [1.54, 1.807) is 12.1 Å². The lowest BCUT2D eigenvalue weighted by atomic mass is 9.98. The number of carbonyl (C=O) groups is 1. The predicted molar refractivity (Wildman–Crippen MR) is 88.2 cm³/mol. The van der Waals surface area contributed by atoms with Crippen molar-refractivity contribution in [2.24, 2.45) is 5.92 Å². The van der Waals surface area contributed by atoms with E-state index < -0.39 is 0 Å². The fourth-order valence-corrected chi connectivity index (χ4v) is 2.99. The molecular weight excluding hydrogens is 286 g/mol. The van der Waals surface area contributed by atoms with E-state index >= 15 is 0 Å². The highest BCUT2D eigenvalue weighted by molar-refractivity contribution is 6.31. The Balaban J connectivity index is 1.97. The number of carbonyl (C=O) groups excluding carboxylic acids is 1. The van der Waals surface area contributed by atoms with Crippen molar-refractivity contribution < 1.29 is 4.79 Å². The maximum absolute atomic E-state index is 12.4. The molecule has 1 aromatic carbocycles. The minimum atomic E-state index is -0.0540. The third kappa shape index (κ3) is 4.61. The molecule has 2 N–H and O–H groups in total. The van der Waals surface area contributed by atoms with Crippen LogP contribution in [-0.4, -0.2) is 44.0 Å². The summed E-state index contributed by atoms with van der Waals surface area (Å²) in [5.41, 5.74) is 1.45. The molecule has 116 valence electrons.